The number of aryl methyl sites for hydroxylation is 1. The van der Waals surface area contributed by atoms with Gasteiger partial charge < -0.3 is 9.88 Å². The Kier molecular flexibility index (Phi) is 6.12. The number of carbonyl (C=O) groups is 1. The molecule has 5 rings (SSSR count). The van der Waals surface area contributed by atoms with Crippen molar-refractivity contribution in [3.05, 3.63) is 72.8 Å². The van der Waals surface area contributed by atoms with Crippen molar-refractivity contribution >= 4 is 43.4 Å². The van der Waals surface area contributed by atoms with Gasteiger partial charge in [-0.1, -0.05) is 36.4 Å². The quantitative estimate of drug-likeness (QED) is 0.460. The molecule has 1 aliphatic rings. The lowest BCUT2D eigenvalue weighted by Gasteiger charge is -2.33. The normalized spacial score (nSPS) is 15.7. The van der Waals surface area contributed by atoms with Crippen LogP contribution in [0.15, 0.2) is 77.7 Å². The van der Waals surface area contributed by atoms with Crippen LogP contribution in [0.4, 0.5) is 5.69 Å². The van der Waals surface area contributed by atoms with Crippen molar-refractivity contribution in [2.75, 3.05) is 38.0 Å². The van der Waals surface area contributed by atoms with Crippen molar-refractivity contribution < 1.29 is 13.2 Å². The van der Waals surface area contributed by atoms with Crippen LogP contribution in [0.2, 0.25) is 0 Å². The molecule has 0 radical (unpaired) electrons. The zero-order chi connectivity index (χ0) is 23.7. The second-order valence-corrected chi connectivity index (χ2v) is 10.5. The van der Waals surface area contributed by atoms with E-state index in [-0.39, 0.29) is 12.5 Å². The van der Waals surface area contributed by atoms with Gasteiger partial charge in [-0.15, -0.1) is 0 Å². The molecule has 1 aliphatic heterocycles. The number of benzene rings is 3. The molecule has 7 nitrogen and oxygen atoms in total. The lowest BCUT2D eigenvalue weighted by Crippen LogP contribution is -2.50. The van der Waals surface area contributed by atoms with Gasteiger partial charge in [0, 0.05) is 60.2 Å². The van der Waals surface area contributed by atoms with Crippen molar-refractivity contribution in [2.45, 2.75) is 18.4 Å². The van der Waals surface area contributed by atoms with Gasteiger partial charge in [0.2, 0.25) is 15.9 Å². The van der Waals surface area contributed by atoms with Crippen LogP contribution in [0.25, 0.3) is 21.8 Å². The van der Waals surface area contributed by atoms with Gasteiger partial charge in [0.1, 0.15) is 0 Å². The molecule has 0 saturated carbocycles. The number of sulfonamides is 1. The van der Waals surface area contributed by atoms with E-state index in [1.807, 2.05) is 29.2 Å². The van der Waals surface area contributed by atoms with Crippen molar-refractivity contribution in [3.8, 4) is 0 Å². The second-order valence-electron chi connectivity index (χ2n) is 8.53. The van der Waals surface area contributed by atoms with Gasteiger partial charge in [-0.2, -0.15) is 4.31 Å². The van der Waals surface area contributed by atoms with Gasteiger partial charge in [0.15, 0.2) is 0 Å². The van der Waals surface area contributed by atoms with E-state index >= 15 is 0 Å². The Morgan fingerprint density at radius 2 is 1.53 bits per heavy atom. The maximum atomic E-state index is 12.8. The van der Waals surface area contributed by atoms with Crippen molar-refractivity contribution in [2.24, 2.45) is 0 Å². The molecule has 0 unspecified atom stereocenters. The number of piperazine rings is 1. The van der Waals surface area contributed by atoms with Gasteiger partial charge in [0.05, 0.1) is 11.4 Å². The molecular formula is C26H28N4O3S. The van der Waals surface area contributed by atoms with E-state index in [0.717, 1.165) is 23.1 Å². The molecule has 0 aliphatic carbocycles. The predicted octanol–water partition coefficient (Wildman–Crippen LogP) is 3.76. The highest BCUT2D eigenvalue weighted by Gasteiger charge is 2.28. The van der Waals surface area contributed by atoms with Crippen molar-refractivity contribution in [1.29, 1.82) is 0 Å². The number of hydrogen-bond donors (Lipinski definition) is 1. The monoisotopic (exact) mass is 476 g/mol. The van der Waals surface area contributed by atoms with Crippen molar-refractivity contribution in [3.63, 3.8) is 0 Å². The molecule has 1 saturated heterocycles. The fourth-order valence-corrected chi connectivity index (χ4v) is 6.19. The molecule has 1 fully saturated rings. The first-order valence-corrected chi connectivity index (χ1v) is 13.0. The Hall–Kier alpha value is -3.20. The second kappa shape index (κ2) is 9.21. The third-order valence-electron chi connectivity index (χ3n) is 6.45. The summed E-state index contributed by atoms with van der Waals surface area (Å²) in [5.41, 5.74) is 3.10. The summed E-state index contributed by atoms with van der Waals surface area (Å²) >= 11 is 0. The van der Waals surface area contributed by atoms with Gasteiger partial charge >= 0.3 is 0 Å². The zero-order valence-electron chi connectivity index (χ0n) is 19.1. The van der Waals surface area contributed by atoms with Crippen LogP contribution in [0.5, 0.6) is 0 Å². The third-order valence-corrected chi connectivity index (χ3v) is 8.36. The van der Waals surface area contributed by atoms with Crippen LogP contribution in [-0.4, -0.2) is 60.8 Å². The lowest BCUT2D eigenvalue weighted by molar-refractivity contribution is -0.117. The first-order chi connectivity index (χ1) is 16.5. The minimum Gasteiger partial charge on any atom is -0.341 e. The highest BCUT2D eigenvalue weighted by Crippen LogP contribution is 2.31. The largest absolute Gasteiger partial charge is 0.341 e. The van der Waals surface area contributed by atoms with Crippen LogP contribution in [-0.2, 0) is 21.4 Å². The van der Waals surface area contributed by atoms with Crippen LogP contribution in [0.3, 0.4) is 0 Å². The maximum absolute atomic E-state index is 12.8. The average Bonchev–Trinajstić information content (AvgIpc) is 3.18. The van der Waals surface area contributed by atoms with E-state index in [1.54, 1.807) is 30.3 Å². The first kappa shape index (κ1) is 22.6. The van der Waals surface area contributed by atoms with E-state index in [2.05, 4.69) is 35.0 Å². The zero-order valence-corrected chi connectivity index (χ0v) is 20.0. The third kappa shape index (κ3) is 4.20. The number of fused-ring (bicyclic) bond motifs is 3. The number of hydrogen-bond acceptors (Lipinski definition) is 4. The number of anilines is 1. The first-order valence-electron chi connectivity index (χ1n) is 11.6. The van der Waals surface area contributed by atoms with Gasteiger partial charge in [0.25, 0.3) is 0 Å². The van der Waals surface area contributed by atoms with E-state index in [4.69, 9.17) is 0 Å². The summed E-state index contributed by atoms with van der Waals surface area (Å²) in [6.07, 6.45) is 0. The molecule has 0 spiro atoms. The molecule has 1 aromatic heterocycles. The summed E-state index contributed by atoms with van der Waals surface area (Å²) in [4.78, 5) is 15.1. The topological polar surface area (TPSA) is 74.7 Å². The molecule has 34 heavy (non-hydrogen) atoms. The molecule has 3 aromatic carbocycles. The van der Waals surface area contributed by atoms with Crippen LogP contribution >= 0.6 is 0 Å². The summed E-state index contributed by atoms with van der Waals surface area (Å²) < 4.78 is 29.4. The van der Waals surface area contributed by atoms with Gasteiger partial charge in [-0.3, -0.25) is 9.69 Å². The van der Waals surface area contributed by atoms with Crippen LogP contribution < -0.4 is 5.32 Å². The predicted molar refractivity (Wildman–Crippen MR) is 135 cm³/mol. The summed E-state index contributed by atoms with van der Waals surface area (Å²) in [5, 5.41) is 5.31. The summed E-state index contributed by atoms with van der Waals surface area (Å²) in [6, 6.07) is 22.8. The fraction of sp³-hybridized carbons (Fsp3) is 0.269. The Morgan fingerprint density at radius 1 is 0.853 bits per heavy atom. The summed E-state index contributed by atoms with van der Waals surface area (Å²) in [6.45, 7) is 5.01. The summed E-state index contributed by atoms with van der Waals surface area (Å²) in [5.74, 6) is -0.0991. The number of amides is 1. The average molecular weight is 477 g/mol. The Balaban J connectivity index is 1.24. The maximum Gasteiger partial charge on any atom is 0.243 e. The molecule has 176 valence electrons. The number of nitrogens with one attached hydrogen (secondary N) is 1. The number of carbonyl (C=O) groups excluding carboxylic acids is 1. The minimum atomic E-state index is -3.50. The Labute approximate surface area is 199 Å². The van der Waals surface area contributed by atoms with E-state index in [1.165, 1.54) is 15.2 Å². The number of nitrogens with zero attached hydrogens (tertiary/aromatic N) is 3. The molecule has 0 atom stereocenters. The van der Waals surface area contributed by atoms with Crippen LogP contribution in [0.1, 0.15) is 6.92 Å². The summed E-state index contributed by atoms with van der Waals surface area (Å²) in [7, 11) is -3.50. The SMILES string of the molecule is CCn1c2ccccc2c2cc(NC(=O)CN3CCN(S(=O)(=O)c4ccccc4)CC3)ccc21. The highest BCUT2D eigenvalue weighted by atomic mass is 32.2. The van der Waals surface area contributed by atoms with Crippen molar-refractivity contribution in [1.82, 2.24) is 13.8 Å². The van der Waals surface area contributed by atoms with E-state index in [9.17, 15) is 13.2 Å². The lowest BCUT2D eigenvalue weighted by atomic mass is 10.1. The highest BCUT2D eigenvalue weighted by molar-refractivity contribution is 7.89. The fourth-order valence-electron chi connectivity index (χ4n) is 4.75. The standard InChI is InChI=1S/C26H28N4O3S/c1-2-30-24-11-7-6-10-22(24)23-18-20(12-13-25(23)30)27-26(31)19-28-14-16-29(17-15-28)34(32,33)21-8-4-3-5-9-21/h3-13,18H,2,14-17,19H2,1H3,(H,27,31). The number of rotatable bonds is 6. The van der Waals surface area contributed by atoms with Crippen LogP contribution in [0, 0.1) is 0 Å². The smallest absolute Gasteiger partial charge is 0.243 e. The Bertz CT molecular complexity index is 1440. The minimum absolute atomic E-state index is 0.0991. The Morgan fingerprint density at radius 3 is 2.26 bits per heavy atom. The molecule has 0 bridgehead atoms. The molecule has 2 heterocycles. The van der Waals surface area contributed by atoms with Gasteiger partial charge in [-0.05, 0) is 43.3 Å². The van der Waals surface area contributed by atoms with E-state index in [0.29, 0.717) is 31.1 Å². The molecule has 1 N–H and O–H groups in total. The molecule has 1 amide bonds. The number of para-hydroxylation sites is 1. The van der Waals surface area contributed by atoms with Gasteiger partial charge in [-0.25, -0.2) is 8.42 Å². The number of aromatic nitrogens is 1. The molecule has 4 aromatic rings. The molecular weight excluding hydrogens is 448 g/mol. The molecule has 8 heteroatoms. The van der Waals surface area contributed by atoms with E-state index < -0.39 is 10.0 Å².